The van der Waals surface area contributed by atoms with Crippen molar-refractivity contribution in [2.75, 3.05) is 19.0 Å². The number of H-pyrrole nitrogens is 1. The van der Waals surface area contributed by atoms with Crippen LogP contribution in [0.5, 0.6) is 5.75 Å². The number of fused-ring (bicyclic) bond motifs is 1. The van der Waals surface area contributed by atoms with Crippen LogP contribution in [0.1, 0.15) is 31.2 Å². The van der Waals surface area contributed by atoms with E-state index in [4.69, 9.17) is 17.0 Å². The number of nitrogens with one attached hydrogen (secondary N) is 3. The summed E-state index contributed by atoms with van der Waals surface area (Å²) in [5.74, 6) is 0.0457. The van der Waals surface area contributed by atoms with E-state index in [9.17, 15) is 14.4 Å². The second-order valence-electron chi connectivity index (χ2n) is 7.77. The zero-order chi connectivity index (χ0) is 23.8. The highest BCUT2D eigenvalue weighted by molar-refractivity contribution is 7.71. The Morgan fingerprint density at radius 3 is 2.67 bits per heavy atom. The van der Waals surface area contributed by atoms with E-state index in [-0.39, 0.29) is 23.9 Å². The van der Waals surface area contributed by atoms with Gasteiger partial charge >= 0.3 is 0 Å². The molecule has 0 fully saturated rings. The SMILES string of the molecule is COc1ccc(C)cc1NC(=O)CNC(=O)CCCCCn1c(=S)[nH]c2ccccc2c1=O. The fraction of sp³-hybridized carbons (Fsp3) is 0.333. The minimum atomic E-state index is -0.322. The maximum Gasteiger partial charge on any atom is 0.262 e. The lowest BCUT2D eigenvalue weighted by atomic mass is 10.2. The van der Waals surface area contributed by atoms with Crippen LogP contribution < -0.4 is 20.9 Å². The summed E-state index contributed by atoms with van der Waals surface area (Å²) >= 11 is 5.31. The molecule has 3 N–H and O–H groups in total. The lowest BCUT2D eigenvalue weighted by molar-refractivity contribution is -0.124. The van der Waals surface area contributed by atoms with Crippen LogP contribution in [0.2, 0.25) is 0 Å². The molecule has 174 valence electrons. The molecule has 2 amide bonds. The van der Waals surface area contributed by atoms with E-state index in [0.29, 0.717) is 41.0 Å². The van der Waals surface area contributed by atoms with Crippen LogP contribution >= 0.6 is 12.2 Å². The third-order valence-corrected chi connectivity index (χ3v) is 5.57. The number of aromatic nitrogens is 2. The summed E-state index contributed by atoms with van der Waals surface area (Å²) in [4.78, 5) is 39.9. The van der Waals surface area contributed by atoms with Gasteiger partial charge in [-0.3, -0.25) is 19.0 Å². The Hall–Kier alpha value is -3.46. The van der Waals surface area contributed by atoms with Crippen molar-refractivity contribution in [3.63, 3.8) is 0 Å². The van der Waals surface area contributed by atoms with Crippen LogP contribution in [-0.4, -0.2) is 35.0 Å². The normalized spacial score (nSPS) is 10.7. The number of unbranched alkanes of at least 4 members (excludes halogenated alkanes) is 2. The van der Waals surface area contributed by atoms with Crippen LogP contribution in [-0.2, 0) is 16.1 Å². The topological polar surface area (TPSA) is 105 Å². The van der Waals surface area contributed by atoms with Gasteiger partial charge in [-0.05, 0) is 61.8 Å². The Kier molecular flexibility index (Phi) is 8.37. The number of aromatic amines is 1. The number of aryl methyl sites for hydroxylation is 1. The van der Waals surface area contributed by atoms with Crippen LogP contribution in [0.15, 0.2) is 47.3 Å². The molecule has 3 rings (SSSR count). The first-order chi connectivity index (χ1) is 15.9. The van der Waals surface area contributed by atoms with E-state index in [0.717, 1.165) is 23.9 Å². The molecule has 1 aromatic heterocycles. The van der Waals surface area contributed by atoms with E-state index in [1.165, 1.54) is 7.11 Å². The second-order valence-corrected chi connectivity index (χ2v) is 8.16. The molecule has 0 aliphatic carbocycles. The molecule has 8 nitrogen and oxygen atoms in total. The number of nitrogens with zero attached hydrogens (tertiary/aromatic N) is 1. The van der Waals surface area contributed by atoms with Crippen molar-refractivity contribution in [1.82, 2.24) is 14.9 Å². The smallest absolute Gasteiger partial charge is 0.262 e. The highest BCUT2D eigenvalue weighted by Gasteiger charge is 2.10. The fourth-order valence-corrected chi connectivity index (χ4v) is 3.80. The van der Waals surface area contributed by atoms with Gasteiger partial charge in [0.2, 0.25) is 11.8 Å². The largest absolute Gasteiger partial charge is 0.495 e. The Morgan fingerprint density at radius 1 is 1.09 bits per heavy atom. The Morgan fingerprint density at radius 2 is 1.88 bits per heavy atom. The van der Waals surface area contributed by atoms with Crippen molar-refractivity contribution in [2.45, 2.75) is 39.2 Å². The maximum atomic E-state index is 12.6. The summed E-state index contributed by atoms with van der Waals surface area (Å²) < 4.78 is 7.19. The number of para-hydroxylation sites is 1. The number of carbonyl (C=O) groups excluding carboxylic acids is 2. The summed E-state index contributed by atoms with van der Waals surface area (Å²) in [7, 11) is 1.53. The van der Waals surface area contributed by atoms with Gasteiger partial charge in [-0.1, -0.05) is 24.6 Å². The first-order valence-electron chi connectivity index (χ1n) is 10.8. The van der Waals surface area contributed by atoms with E-state index in [2.05, 4.69) is 15.6 Å². The van der Waals surface area contributed by atoms with Gasteiger partial charge in [-0.25, -0.2) is 0 Å². The molecule has 0 saturated heterocycles. The van der Waals surface area contributed by atoms with Gasteiger partial charge in [-0.15, -0.1) is 0 Å². The third-order valence-electron chi connectivity index (χ3n) is 5.25. The lowest BCUT2D eigenvalue weighted by Crippen LogP contribution is -2.32. The number of ether oxygens (including phenoxy) is 1. The molecule has 9 heteroatoms. The predicted molar refractivity (Wildman–Crippen MR) is 131 cm³/mol. The molecule has 0 atom stereocenters. The summed E-state index contributed by atoms with van der Waals surface area (Å²) in [5, 5.41) is 5.99. The van der Waals surface area contributed by atoms with Gasteiger partial charge in [-0.2, -0.15) is 0 Å². The van der Waals surface area contributed by atoms with Crippen molar-refractivity contribution in [3.8, 4) is 5.75 Å². The molecule has 0 aliphatic rings. The van der Waals surface area contributed by atoms with Crippen molar-refractivity contribution in [3.05, 3.63) is 63.2 Å². The minimum absolute atomic E-state index is 0.108. The molecule has 3 aromatic rings. The predicted octanol–water partition coefficient (Wildman–Crippen LogP) is 3.69. The molecule has 0 unspecified atom stereocenters. The van der Waals surface area contributed by atoms with Crippen LogP contribution in [0.4, 0.5) is 5.69 Å². The molecule has 1 heterocycles. The van der Waals surface area contributed by atoms with Crippen molar-refractivity contribution in [2.24, 2.45) is 0 Å². The van der Waals surface area contributed by atoms with Gasteiger partial charge < -0.3 is 20.4 Å². The van der Waals surface area contributed by atoms with Gasteiger partial charge in [0.25, 0.3) is 5.56 Å². The van der Waals surface area contributed by atoms with E-state index < -0.39 is 0 Å². The summed E-state index contributed by atoms with van der Waals surface area (Å²) in [6, 6.07) is 12.8. The summed E-state index contributed by atoms with van der Waals surface area (Å²) in [6.45, 7) is 2.29. The Labute approximate surface area is 197 Å². The zero-order valence-electron chi connectivity index (χ0n) is 18.8. The van der Waals surface area contributed by atoms with E-state index >= 15 is 0 Å². The summed E-state index contributed by atoms with van der Waals surface area (Å²) in [5.41, 5.74) is 2.18. The van der Waals surface area contributed by atoms with Gasteiger partial charge in [0.1, 0.15) is 5.75 Å². The van der Waals surface area contributed by atoms with Crippen molar-refractivity contribution < 1.29 is 14.3 Å². The molecule has 2 aromatic carbocycles. The number of methoxy groups -OCH3 is 1. The molecule has 0 radical (unpaired) electrons. The van der Waals surface area contributed by atoms with Crippen LogP contribution in [0.25, 0.3) is 10.9 Å². The number of carbonyl (C=O) groups is 2. The number of amides is 2. The fourth-order valence-electron chi connectivity index (χ4n) is 3.52. The van der Waals surface area contributed by atoms with E-state index in [1.807, 2.05) is 37.3 Å². The van der Waals surface area contributed by atoms with Gasteiger partial charge in [0.15, 0.2) is 4.77 Å². The molecule has 0 saturated carbocycles. The number of hydrogen-bond acceptors (Lipinski definition) is 5. The molecule has 0 aliphatic heterocycles. The lowest BCUT2D eigenvalue weighted by Gasteiger charge is -2.11. The van der Waals surface area contributed by atoms with Crippen molar-refractivity contribution in [1.29, 1.82) is 0 Å². The van der Waals surface area contributed by atoms with Crippen LogP contribution in [0.3, 0.4) is 0 Å². The Balaban J connectivity index is 1.40. The number of benzene rings is 2. The third kappa shape index (κ3) is 6.52. The Bertz CT molecular complexity index is 1270. The standard InChI is InChI=1S/C24H28N4O4S/c1-16-11-12-20(32-2)19(14-16)26-22(30)15-25-21(29)10-4-3-7-13-28-23(31)17-8-5-6-9-18(17)27-24(28)33/h5-6,8-9,11-12,14H,3-4,7,10,13,15H2,1-2H3,(H,25,29)(H,26,30)(H,27,33). The molecular weight excluding hydrogens is 440 g/mol. The molecular formula is C24H28N4O4S. The van der Waals surface area contributed by atoms with Gasteiger partial charge in [0.05, 0.1) is 30.2 Å². The quantitative estimate of drug-likeness (QED) is 0.311. The number of hydrogen-bond donors (Lipinski definition) is 3. The molecule has 0 spiro atoms. The number of rotatable bonds is 10. The first kappa shape index (κ1) is 24.2. The maximum absolute atomic E-state index is 12.6. The van der Waals surface area contributed by atoms with Crippen molar-refractivity contribution >= 4 is 40.6 Å². The highest BCUT2D eigenvalue weighted by atomic mass is 32.1. The number of anilines is 1. The first-order valence-corrected chi connectivity index (χ1v) is 11.2. The average Bonchev–Trinajstić information content (AvgIpc) is 2.79. The van der Waals surface area contributed by atoms with Gasteiger partial charge in [0, 0.05) is 13.0 Å². The zero-order valence-corrected chi connectivity index (χ0v) is 19.6. The monoisotopic (exact) mass is 468 g/mol. The van der Waals surface area contributed by atoms with E-state index in [1.54, 1.807) is 16.7 Å². The second kappa shape index (κ2) is 11.4. The van der Waals surface area contributed by atoms with Crippen LogP contribution in [0, 0.1) is 11.7 Å². The molecule has 33 heavy (non-hydrogen) atoms. The molecule has 0 bridgehead atoms. The average molecular weight is 469 g/mol. The minimum Gasteiger partial charge on any atom is -0.495 e. The summed E-state index contributed by atoms with van der Waals surface area (Å²) in [6.07, 6.45) is 2.43. The highest BCUT2D eigenvalue weighted by Crippen LogP contribution is 2.24.